The molecule has 0 unspecified atom stereocenters. The van der Waals surface area contributed by atoms with Gasteiger partial charge in [0.05, 0.1) is 0 Å². The average molecular weight is 194 g/mol. The van der Waals surface area contributed by atoms with Crippen molar-refractivity contribution >= 4 is 11.2 Å². The maximum Gasteiger partial charge on any atom is 0.423 e. The highest BCUT2D eigenvalue weighted by Gasteiger charge is 2.09. The van der Waals surface area contributed by atoms with Gasteiger partial charge in [0.25, 0.3) is 0 Å². The lowest BCUT2D eigenvalue weighted by Gasteiger charge is -1.99. The van der Waals surface area contributed by atoms with Crippen molar-refractivity contribution in [3.63, 3.8) is 0 Å². The first-order valence-electron chi connectivity index (χ1n) is 3.86. The molecule has 5 nitrogen and oxygen atoms in total. The Morgan fingerprint density at radius 2 is 1.79 bits per heavy atom. The first-order valence-corrected chi connectivity index (χ1v) is 3.86. The van der Waals surface area contributed by atoms with Crippen LogP contribution in [0, 0.1) is 6.92 Å². The number of hydrogen-bond donors (Lipinski definition) is 1. The summed E-state index contributed by atoms with van der Waals surface area (Å²) >= 11 is 0. The molecule has 2 rings (SSSR count). The number of aryl methyl sites for hydroxylation is 1. The van der Waals surface area contributed by atoms with Crippen LogP contribution in [-0.2, 0) is 0 Å². The van der Waals surface area contributed by atoms with E-state index < -0.39 is 11.3 Å². The molecule has 0 saturated carbocycles. The van der Waals surface area contributed by atoms with Crippen LogP contribution in [0.4, 0.5) is 0 Å². The molecule has 0 aliphatic carbocycles. The Kier molecular flexibility index (Phi) is 1.67. The third kappa shape index (κ3) is 1.10. The molecule has 1 aromatic carbocycles. The van der Waals surface area contributed by atoms with Crippen LogP contribution in [0.25, 0.3) is 11.2 Å². The second-order valence-electron chi connectivity index (χ2n) is 2.82. The molecule has 1 heterocycles. The van der Waals surface area contributed by atoms with Crippen LogP contribution in [0.5, 0.6) is 5.75 Å². The maximum atomic E-state index is 10.8. The van der Waals surface area contributed by atoms with E-state index in [0.29, 0.717) is 5.56 Å². The summed E-state index contributed by atoms with van der Waals surface area (Å²) in [7, 11) is 0. The van der Waals surface area contributed by atoms with E-state index >= 15 is 0 Å². The van der Waals surface area contributed by atoms with Crippen LogP contribution in [0.2, 0.25) is 0 Å². The van der Waals surface area contributed by atoms with Gasteiger partial charge in [0.1, 0.15) is 5.75 Å². The highest BCUT2D eigenvalue weighted by Crippen LogP contribution is 2.23. The van der Waals surface area contributed by atoms with Gasteiger partial charge in [-0.25, -0.2) is 9.59 Å². The fourth-order valence-electron chi connectivity index (χ4n) is 1.14. The van der Waals surface area contributed by atoms with Crippen molar-refractivity contribution in [2.75, 3.05) is 0 Å². The maximum absolute atomic E-state index is 10.8. The zero-order chi connectivity index (χ0) is 10.3. The van der Waals surface area contributed by atoms with Crippen LogP contribution < -0.4 is 11.3 Å². The van der Waals surface area contributed by atoms with E-state index in [1.54, 1.807) is 6.92 Å². The predicted octanol–water partition coefficient (Wildman–Crippen LogP) is 0.760. The molecular formula is C9H6O5. The van der Waals surface area contributed by atoms with Gasteiger partial charge in [0.15, 0.2) is 11.2 Å². The molecule has 0 fully saturated rings. The van der Waals surface area contributed by atoms with Crippen LogP contribution in [0.1, 0.15) is 5.56 Å². The lowest BCUT2D eigenvalue weighted by Crippen LogP contribution is -2.21. The fraction of sp³-hybridized carbons (Fsp3) is 0.111. The van der Waals surface area contributed by atoms with Crippen molar-refractivity contribution in [1.29, 1.82) is 0 Å². The summed E-state index contributed by atoms with van der Waals surface area (Å²) in [4.78, 5) is 21.6. The van der Waals surface area contributed by atoms with Gasteiger partial charge in [-0.3, -0.25) is 0 Å². The van der Waals surface area contributed by atoms with E-state index in [-0.39, 0.29) is 16.9 Å². The summed E-state index contributed by atoms with van der Waals surface area (Å²) in [5.74, 6) is -0.0190. The van der Waals surface area contributed by atoms with E-state index in [1.165, 1.54) is 12.1 Å². The van der Waals surface area contributed by atoms with Gasteiger partial charge < -0.3 is 13.9 Å². The monoisotopic (exact) mass is 194 g/mol. The predicted molar refractivity (Wildman–Crippen MR) is 47.4 cm³/mol. The average Bonchev–Trinajstić information content (AvgIpc) is 2.15. The Morgan fingerprint density at radius 3 is 2.50 bits per heavy atom. The number of aromatic hydroxyl groups is 1. The molecule has 14 heavy (non-hydrogen) atoms. The Bertz CT molecular complexity index is 605. The molecule has 0 radical (unpaired) electrons. The fourth-order valence-corrected chi connectivity index (χ4v) is 1.14. The van der Waals surface area contributed by atoms with E-state index in [1.807, 2.05) is 0 Å². The first-order chi connectivity index (χ1) is 6.59. The standard InChI is InChI=1S/C9H6O5/c1-4-5(10)2-3-6-7(4)14-9(12)8(11)13-6/h2-3,10H,1H3. The molecule has 0 aliphatic rings. The normalized spacial score (nSPS) is 10.6. The number of benzene rings is 1. The third-order valence-electron chi connectivity index (χ3n) is 1.91. The van der Waals surface area contributed by atoms with Gasteiger partial charge in [-0.2, -0.15) is 0 Å². The molecule has 0 aliphatic heterocycles. The quantitative estimate of drug-likeness (QED) is 0.626. The summed E-state index contributed by atoms with van der Waals surface area (Å²) < 4.78 is 9.34. The van der Waals surface area contributed by atoms with Crippen molar-refractivity contribution in [3.8, 4) is 5.75 Å². The van der Waals surface area contributed by atoms with Crippen molar-refractivity contribution in [2.24, 2.45) is 0 Å². The van der Waals surface area contributed by atoms with Crippen molar-refractivity contribution < 1.29 is 13.9 Å². The number of phenols is 1. The van der Waals surface area contributed by atoms with Gasteiger partial charge in [-0.1, -0.05) is 0 Å². The molecule has 1 N–H and O–H groups in total. The molecule has 5 heteroatoms. The smallest absolute Gasteiger partial charge is 0.423 e. The molecule has 72 valence electrons. The van der Waals surface area contributed by atoms with Gasteiger partial charge in [0.2, 0.25) is 0 Å². The highest BCUT2D eigenvalue weighted by atomic mass is 16.5. The molecule has 0 bridgehead atoms. The third-order valence-corrected chi connectivity index (χ3v) is 1.91. The SMILES string of the molecule is Cc1c(O)ccc2oc(=O)c(=O)oc12. The molecule has 0 amide bonds. The number of fused-ring (bicyclic) bond motifs is 1. The summed E-state index contributed by atoms with van der Waals surface area (Å²) in [5, 5.41) is 9.30. The summed E-state index contributed by atoms with van der Waals surface area (Å²) in [6.45, 7) is 1.56. The van der Waals surface area contributed by atoms with E-state index in [9.17, 15) is 14.7 Å². The minimum absolute atomic E-state index is 0.0190. The summed E-state index contributed by atoms with van der Waals surface area (Å²) in [6, 6.07) is 2.72. The number of phenolic OH excluding ortho intramolecular Hbond substituents is 1. The minimum Gasteiger partial charge on any atom is -0.508 e. The minimum atomic E-state index is -1.08. The molecule has 0 atom stereocenters. The second kappa shape index (κ2) is 2.73. The molecular weight excluding hydrogens is 188 g/mol. The van der Waals surface area contributed by atoms with Crippen LogP contribution in [-0.4, -0.2) is 5.11 Å². The largest absolute Gasteiger partial charge is 0.508 e. The Hall–Kier alpha value is -2.04. The topological polar surface area (TPSA) is 80.7 Å². The highest BCUT2D eigenvalue weighted by molar-refractivity contribution is 5.75. The second-order valence-corrected chi connectivity index (χ2v) is 2.82. The van der Waals surface area contributed by atoms with Gasteiger partial charge in [0, 0.05) is 5.56 Å². The zero-order valence-electron chi connectivity index (χ0n) is 7.23. The van der Waals surface area contributed by atoms with Crippen molar-refractivity contribution in [1.82, 2.24) is 0 Å². The summed E-state index contributed by atoms with van der Waals surface area (Å²) in [5.41, 5.74) is -1.53. The molecule has 1 aromatic heterocycles. The van der Waals surface area contributed by atoms with Gasteiger partial charge in [-0.15, -0.1) is 0 Å². The van der Waals surface area contributed by atoms with Gasteiger partial charge in [-0.05, 0) is 19.1 Å². The Balaban J connectivity index is 3.04. The lowest BCUT2D eigenvalue weighted by atomic mass is 10.2. The van der Waals surface area contributed by atoms with Crippen molar-refractivity contribution in [2.45, 2.75) is 6.92 Å². The molecule has 2 aromatic rings. The summed E-state index contributed by atoms with van der Waals surface area (Å²) in [6.07, 6.45) is 0. The number of hydrogen-bond acceptors (Lipinski definition) is 5. The molecule has 0 saturated heterocycles. The van der Waals surface area contributed by atoms with Crippen molar-refractivity contribution in [3.05, 3.63) is 38.5 Å². The Labute approximate surface area is 77.2 Å². The number of rotatable bonds is 0. The van der Waals surface area contributed by atoms with E-state index in [2.05, 4.69) is 8.83 Å². The first kappa shape index (κ1) is 8.55. The molecule has 0 spiro atoms. The van der Waals surface area contributed by atoms with Crippen LogP contribution in [0.15, 0.2) is 30.6 Å². The Morgan fingerprint density at radius 1 is 1.14 bits per heavy atom. The lowest BCUT2D eigenvalue weighted by molar-refractivity contribution is 0.438. The van der Waals surface area contributed by atoms with E-state index in [0.717, 1.165) is 0 Å². The van der Waals surface area contributed by atoms with E-state index in [4.69, 9.17) is 0 Å². The van der Waals surface area contributed by atoms with Crippen LogP contribution in [0.3, 0.4) is 0 Å². The zero-order valence-corrected chi connectivity index (χ0v) is 7.23. The van der Waals surface area contributed by atoms with Crippen LogP contribution >= 0.6 is 0 Å². The van der Waals surface area contributed by atoms with Gasteiger partial charge >= 0.3 is 11.3 Å².